The lowest BCUT2D eigenvalue weighted by Crippen LogP contribution is -2.51. The van der Waals surface area contributed by atoms with Crippen LogP contribution >= 0.6 is 0 Å². The molecule has 2 aromatic rings. The number of hydrogen-bond donors (Lipinski definition) is 2. The predicted molar refractivity (Wildman–Crippen MR) is 107 cm³/mol. The lowest BCUT2D eigenvalue weighted by Gasteiger charge is -2.30. The van der Waals surface area contributed by atoms with Gasteiger partial charge >= 0.3 is 0 Å². The zero-order valence-electron chi connectivity index (χ0n) is 16.3. The number of amides is 3. The SMILES string of the molecule is CC(=O)Nc1ccc(-c2ccc(C=O)c(CN(C)C3CCC(=O)NC3=O)c2)nc1. The van der Waals surface area contributed by atoms with E-state index in [4.69, 9.17) is 0 Å². The van der Waals surface area contributed by atoms with Crippen LogP contribution in [0.1, 0.15) is 35.7 Å². The molecule has 8 nitrogen and oxygen atoms in total. The number of anilines is 1. The molecule has 2 heterocycles. The third-order valence-electron chi connectivity index (χ3n) is 4.81. The van der Waals surface area contributed by atoms with Gasteiger partial charge in [0.2, 0.25) is 17.7 Å². The molecule has 0 aliphatic carbocycles. The number of imide groups is 1. The van der Waals surface area contributed by atoms with Gasteiger partial charge in [-0.2, -0.15) is 0 Å². The summed E-state index contributed by atoms with van der Waals surface area (Å²) in [7, 11) is 1.79. The van der Waals surface area contributed by atoms with Crippen LogP contribution in [0.5, 0.6) is 0 Å². The Kier molecular flexibility index (Phi) is 6.13. The molecule has 150 valence electrons. The molecule has 1 aliphatic heterocycles. The van der Waals surface area contributed by atoms with Crippen LogP contribution < -0.4 is 10.6 Å². The first-order chi connectivity index (χ1) is 13.9. The molecule has 1 aromatic heterocycles. The van der Waals surface area contributed by atoms with Gasteiger partial charge in [-0.15, -0.1) is 0 Å². The maximum absolute atomic E-state index is 12.1. The van der Waals surface area contributed by atoms with Gasteiger partial charge in [0.15, 0.2) is 0 Å². The number of pyridine rings is 1. The maximum Gasteiger partial charge on any atom is 0.243 e. The number of nitrogens with one attached hydrogen (secondary N) is 2. The van der Waals surface area contributed by atoms with Crippen molar-refractivity contribution >= 4 is 29.7 Å². The number of benzene rings is 1. The first-order valence-electron chi connectivity index (χ1n) is 9.23. The molecule has 0 bridgehead atoms. The minimum absolute atomic E-state index is 0.173. The smallest absolute Gasteiger partial charge is 0.243 e. The topological polar surface area (TPSA) is 108 Å². The van der Waals surface area contributed by atoms with Crippen molar-refractivity contribution < 1.29 is 19.2 Å². The van der Waals surface area contributed by atoms with Crippen molar-refractivity contribution in [3.05, 3.63) is 47.7 Å². The summed E-state index contributed by atoms with van der Waals surface area (Å²) in [6.07, 6.45) is 3.10. The van der Waals surface area contributed by atoms with Crippen LogP contribution in [0.4, 0.5) is 5.69 Å². The molecule has 1 unspecified atom stereocenters. The highest BCUT2D eigenvalue weighted by atomic mass is 16.2. The van der Waals surface area contributed by atoms with Gasteiger partial charge in [0, 0.05) is 31.0 Å². The number of rotatable bonds is 6. The number of aldehydes is 1. The molecular weight excluding hydrogens is 372 g/mol. The highest BCUT2D eigenvalue weighted by Gasteiger charge is 2.30. The molecule has 1 saturated heterocycles. The summed E-state index contributed by atoms with van der Waals surface area (Å²) in [4.78, 5) is 52.3. The van der Waals surface area contributed by atoms with Crippen molar-refractivity contribution in [3.8, 4) is 11.3 Å². The highest BCUT2D eigenvalue weighted by molar-refractivity contribution is 6.00. The van der Waals surface area contributed by atoms with Crippen LogP contribution in [0.15, 0.2) is 36.5 Å². The van der Waals surface area contributed by atoms with E-state index in [2.05, 4.69) is 15.6 Å². The number of nitrogens with zero attached hydrogens (tertiary/aromatic N) is 2. The zero-order valence-corrected chi connectivity index (χ0v) is 16.3. The van der Waals surface area contributed by atoms with Crippen LogP contribution in [-0.2, 0) is 20.9 Å². The van der Waals surface area contributed by atoms with E-state index < -0.39 is 6.04 Å². The van der Waals surface area contributed by atoms with Crippen LogP contribution in [0.3, 0.4) is 0 Å². The zero-order chi connectivity index (χ0) is 21.0. The number of hydrogen-bond acceptors (Lipinski definition) is 6. The number of carbonyl (C=O) groups excluding carboxylic acids is 4. The molecule has 1 fully saturated rings. The van der Waals surface area contributed by atoms with Crippen molar-refractivity contribution in [1.82, 2.24) is 15.2 Å². The molecule has 1 aliphatic rings. The average Bonchev–Trinajstić information content (AvgIpc) is 2.68. The van der Waals surface area contributed by atoms with Gasteiger partial charge in [-0.3, -0.25) is 34.4 Å². The lowest BCUT2D eigenvalue weighted by atomic mass is 10.00. The number of carbonyl (C=O) groups is 4. The standard InChI is InChI=1S/C21H22N4O4/c1-13(27)23-17-5-6-18(22-10-17)14-3-4-15(12-26)16(9-14)11-25(2)19-7-8-20(28)24-21(19)29/h3-6,9-10,12,19H,7-8,11H2,1-2H3,(H,23,27)(H,24,28,29). The Bertz CT molecular complexity index is 956. The molecule has 3 rings (SSSR count). The van der Waals surface area contributed by atoms with Gasteiger partial charge in [0.1, 0.15) is 6.29 Å². The molecule has 0 spiro atoms. The Morgan fingerprint density at radius 3 is 2.72 bits per heavy atom. The van der Waals surface area contributed by atoms with Crippen LogP contribution in [0.2, 0.25) is 0 Å². The van der Waals surface area contributed by atoms with Crippen molar-refractivity contribution in [2.75, 3.05) is 12.4 Å². The predicted octanol–water partition coefficient (Wildman–Crippen LogP) is 1.76. The van der Waals surface area contributed by atoms with Crippen LogP contribution in [0.25, 0.3) is 11.3 Å². The van der Waals surface area contributed by atoms with E-state index in [9.17, 15) is 19.2 Å². The molecule has 3 amide bonds. The average molecular weight is 394 g/mol. The largest absolute Gasteiger partial charge is 0.325 e. The van der Waals surface area contributed by atoms with Gasteiger partial charge in [0.25, 0.3) is 0 Å². The molecule has 1 atom stereocenters. The lowest BCUT2D eigenvalue weighted by molar-refractivity contribution is -0.137. The molecule has 2 N–H and O–H groups in total. The number of aromatic nitrogens is 1. The minimum Gasteiger partial charge on any atom is -0.325 e. The molecule has 8 heteroatoms. The summed E-state index contributed by atoms with van der Waals surface area (Å²) >= 11 is 0. The third-order valence-corrected chi connectivity index (χ3v) is 4.81. The van der Waals surface area contributed by atoms with E-state index in [0.717, 1.165) is 17.4 Å². The van der Waals surface area contributed by atoms with E-state index >= 15 is 0 Å². The Hall–Kier alpha value is -3.39. The summed E-state index contributed by atoms with van der Waals surface area (Å²) in [5, 5.41) is 5.02. The second-order valence-corrected chi connectivity index (χ2v) is 7.03. The van der Waals surface area contributed by atoms with Gasteiger partial charge in [-0.1, -0.05) is 12.1 Å². The molecule has 29 heavy (non-hydrogen) atoms. The first kappa shape index (κ1) is 20.3. The summed E-state index contributed by atoms with van der Waals surface area (Å²) in [5.41, 5.74) is 3.40. The third kappa shape index (κ3) is 4.91. The van der Waals surface area contributed by atoms with E-state index in [1.807, 2.05) is 11.0 Å². The van der Waals surface area contributed by atoms with Crippen molar-refractivity contribution in [2.24, 2.45) is 0 Å². The molecule has 0 saturated carbocycles. The fourth-order valence-corrected chi connectivity index (χ4v) is 3.34. The maximum atomic E-state index is 12.1. The van der Waals surface area contributed by atoms with Gasteiger partial charge in [-0.05, 0) is 37.2 Å². The summed E-state index contributed by atoms with van der Waals surface area (Å²) in [6.45, 7) is 1.80. The van der Waals surface area contributed by atoms with Crippen LogP contribution in [0, 0.1) is 0 Å². The molecular formula is C21H22N4O4. The second kappa shape index (κ2) is 8.74. The summed E-state index contributed by atoms with van der Waals surface area (Å²) in [6, 6.07) is 8.51. The van der Waals surface area contributed by atoms with E-state index in [0.29, 0.717) is 36.3 Å². The van der Waals surface area contributed by atoms with Gasteiger partial charge in [-0.25, -0.2) is 0 Å². The van der Waals surface area contributed by atoms with E-state index in [1.54, 1.807) is 37.5 Å². The number of likely N-dealkylation sites (N-methyl/N-ethyl adjacent to an activating group) is 1. The Morgan fingerprint density at radius 1 is 1.31 bits per heavy atom. The fraction of sp³-hybridized carbons (Fsp3) is 0.286. The van der Waals surface area contributed by atoms with Crippen molar-refractivity contribution in [3.63, 3.8) is 0 Å². The Labute approximate surface area is 168 Å². The Morgan fingerprint density at radius 2 is 2.10 bits per heavy atom. The van der Waals surface area contributed by atoms with Crippen LogP contribution in [-0.4, -0.2) is 47.0 Å². The summed E-state index contributed by atoms with van der Waals surface area (Å²) < 4.78 is 0. The fourth-order valence-electron chi connectivity index (χ4n) is 3.34. The van der Waals surface area contributed by atoms with Gasteiger partial charge < -0.3 is 5.32 Å². The van der Waals surface area contributed by atoms with Crippen molar-refractivity contribution in [1.29, 1.82) is 0 Å². The van der Waals surface area contributed by atoms with E-state index in [-0.39, 0.29) is 17.7 Å². The minimum atomic E-state index is -0.425. The molecule has 1 aromatic carbocycles. The number of piperidine rings is 1. The Balaban J connectivity index is 1.81. The normalized spacial score (nSPS) is 16.4. The molecule has 0 radical (unpaired) electrons. The first-order valence-corrected chi connectivity index (χ1v) is 9.23. The van der Waals surface area contributed by atoms with Crippen molar-refractivity contribution in [2.45, 2.75) is 32.4 Å². The summed E-state index contributed by atoms with van der Waals surface area (Å²) in [5.74, 6) is -0.750. The highest BCUT2D eigenvalue weighted by Crippen LogP contribution is 2.23. The monoisotopic (exact) mass is 394 g/mol. The quantitative estimate of drug-likeness (QED) is 0.571. The second-order valence-electron chi connectivity index (χ2n) is 7.03. The van der Waals surface area contributed by atoms with Gasteiger partial charge in [0.05, 0.1) is 23.6 Å². The van der Waals surface area contributed by atoms with E-state index in [1.165, 1.54) is 6.92 Å².